The fraction of sp³-hybridized carbons (Fsp3) is 0.455. The monoisotopic (exact) mass is 387 g/mol. The lowest BCUT2D eigenvalue weighted by Crippen LogP contribution is -2.25. The molecule has 28 heavy (non-hydrogen) atoms. The third kappa shape index (κ3) is 3.73. The SMILES string of the molecule is O=C(O)CCCC1(c2c(F)cc(-c3cccnc3OC3CCC3)cc2F)CC1. The number of aromatic nitrogens is 1. The minimum atomic E-state index is -0.886. The molecular weight excluding hydrogens is 364 g/mol. The zero-order valence-electron chi connectivity index (χ0n) is 15.6. The van der Waals surface area contributed by atoms with E-state index in [2.05, 4.69) is 4.98 Å². The number of benzene rings is 1. The van der Waals surface area contributed by atoms with Crippen molar-refractivity contribution in [1.82, 2.24) is 4.98 Å². The molecule has 1 aromatic heterocycles. The normalized spacial score (nSPS) is 17.8. The Balaban J connectivity index is 1.61. The van der Waals surface area contributed by atoms with Crippen LogP contribution in [0.4, 0.5) is 8.78 Å². The molecule has 0 atom stereocenters. The lowest BCUT2D eigenvalue weighted by molar-refractivity contribution is -0.137. The largest absolute Gasteiger partial charge is 0.481 e. The van der Waals surface area contributed by atoms with E-state index in [-0.39, 0.29) is 18.1 Å². The maximum absolute atomic E-state index is 15.0. The second-order valence-corrected chi connectivity index (χ2v) is 7.87. The Morgan fingerprint density at radius 1 is 1.25 bits per heavy atom. The van der Waals surface area contributed by atoms with E-state index in [1.165, 1.54) is 12.1 Å². The maximum atomic E-state index is 15.0. The van der Waals surface area contributed by atoms with Crippen LogP contribution in [-0.4, -0.2) is 22.2 Å². The van der Waals surface area contributed by atoms with Crippen molar-refractivity contribution in [1.29, 1.82) is 0 Å². The first-order chi connectivity index (χ1) is 13.5. The number of hydrogen-bond donors (Lipinski definition) is 1. The molecule has 0 saturated heterocycles. The molecule has 0 unspecified atom stereocenters. The van der Waals surface area contributed by atoms with Crippen molar-refractivity contribution in [3.63, 3.8) is 0 Å². The molecule has 1 N–H and O–H groups in total. The summed E-state index contributed by atoms with van der Waals surface area (Å²) < 4.78 is 35.8. The summed E-state index contributed by atoms with van der Waals surface area (Å²) in [5.74, 6) is -1.65. The average molecular weight is 387 g/mol. The van der Waals surface area contributed by atoms with Crippen LogP contribution >= 0.6 is 0 Å². The maximum Gasteiger partial charge on any atom is 0.303 e. The molecule has 0 aliphatic heterocycles. The molecule has 0 amide bonds. The van der Waals surface area contributed by atoms with Crippen LogP contribution in [0.15, 0.2) is 30.5 Å². The molecule has 4 rings (SSSR count). The Kier molecular flexibility index (Phi) is 5.04. The second-order valence-electron chi connectivity index (χ2n) is 7.87. The first kappa shape index (κ1) is 18.8. The number of rotatable bonds is 8. The number of ether oxygens (including phenoxy) is 1. The van der Waals surface area contributed by atoms with E-state index < -0.39 is 23.0 Å². The van der Waals surface area contributed by atoms with Gasteiger partial charge in [-0.2, -0.15) is 0 Å². The van der Waals surface area contributed by atoms with Gasteiger partial charge in [-0.05, 0) is 74.8 Å². The summed E-state index contributed by atoms with van der Waals surface area (Å²) in [6, 6.07) is 6.18. The molecule has 2 aromatic rings. The van der Waals surface area contributed by atoms with Crippen LogP contribution in [0.5, 0.6) is 5.88 Å². The van der Waals surface area contributed by atoms with Crippen LogP contribution in [0.3, 0.4) is 0 Å². The van der Waals surface area contributed by atoms with E-state index in [9.17, 15) is 13.6 Å². The quantitative estimate of drug-likeness (QED) is 0.673. The zero-order chi connectivity index (χ0) is 19.7. The van der Waals surface area contributed by atoms with E-state index in [0.29, 0.717) is 42.7 Å². The van der Waals surface area contributed by atoms with Crippen LogP contribution in [-0.2, 0) is 10.2 Å². The molecule has 2 saturated carbocycles. The van der Waals surface area contributed by atoms with Crippen molar-refractivity contribution >= 4 is 5.97 Å². The minimum absolute atomic E-state index is 0.0145. The van der Waals surface area contributed by atoms with Gasteiger partial charge in [0, 0.05) is 29.2 Å². The Hall–Kier alpha value is -2.50. The van der Waals surface area contributed by atoms with Crippen LogP contribution in [0.25, 0.3) is 11.1 Å². The van der Waals surface area contributed by atoms with E-state index in [1.807, 2.05) is 0 Å². The highest BCUT2D eigenvalue weighted by molar-refractivity contribution is 5.69. The molecule has 1 aromatic carbocycles. The summed E-state index contributed by atoms with van der Waals surface area (Å²) in [6.07, 6.45) is 7.06. The van der Waals surface area contributed by atoms with Crippen molar-refractivity contribution in [2.75, 3.05) is 0 Å². The highest BCUT2D eigenvalue weighted by atomic mass is 19.1. The average Bonchev–Trinajstić information content (AvgIpc) is 3.38. The topological polar surface area (TPSA) is 59.4 Å². The Labute approximate surface area is 162 Å². The van der Waals surface area contributed by atoms with Crippen molar-refractivity contribution in [2.45, 2.75) is 62.9 Å². The number of pyridine rings is 1. The Bertz CT molecular complexity index is 868. The number of carboxylic acids is 1. The molecule has 4 nitrogen and oxygen atoms in total. The molecular formula is C22H23F2NO3. The molecule has 2 aliphatic rings. The van der Waals surface area contributed by atoms with E-state index in [4.69, 9.17) is 9.84 Å². The first-order valence-corrected chi connectivity index (χ1v) is 9.82. The van der Waals surface area contributed by atoms with Crippen LogP contribution in [0, 0.1) is 11.6 Å². The van der Waals surface area contributed by atoms with Gasteiger partial charge in [-0.1, -0.05) is 0 Å². The summed E-state index contributed by atoms with van der Waals surface area (Å²) in [4.78, 5) is 15.0. The van der Waals surface area contributed by atoms with E-state index in [0.717, 1.165) is 19.3 Å². The van der Waals surface area contributed by atoms with E-state index >= 15 is 0 Å². The van der Waals surface area contributed by atoms with Gasteiger partial charge in [-0.3, -0.25) is 4.79 Å². The van der Waals surface area contributed by atoms with Crippen molar-refractivity contribution in [3.8, 4) is 17.0 Å². The van der Waals surface area contributed by atoms with Crippen molar-refractivity contribution < 1.29 is 23.4 Å². The van der Waals surface area contributed by atoms with Gasteiger partial charge in [0.05, 0.1) is 0 Å². The zero-order valence-corrected chi connectivity index (χ0v) is 15.6. The minimum Gasteiger partial charge on any atom is -0.481 e. The molecule has 1 heterocycles. The van der Waals surface area contributed by atoms with Crippen LogP contribution < -0.4 is 4.74 Å². The number of aliphatic carboxylic acids is 1. The third-order valence-electron chi connectivity index (χ3n) is 5.88. The number of nitrogens with zero attached hydrogens (tertiary/aromatic N) is 1. The van der Waals surface area contributed by atoms with Crippen molar-refractivity contribution in [3.05, 3.63) is 47.7 Å². The first-order valence-electron chi connectivity index (χ1n) is 9.82. The van der Waals surface area contributed by atoms with Gasteiger partial charge >= 0.3 is 5.97 Å². The highest BCUT2D eigenvalue weighted by Crippen LogP contribution is 2.54. The highest BCUT2D eigenvalue weighted by Gasteiger charge is 2.47. The van der Waals surface area contributed by atoms with Gasteiger partial charge in [0.25, 0.3) is 0 Å². The predicted molar refractivity (Wildman–Crippen MR) is 100 cm³/mol. The predicted octanol–water partition coefficient (Wildman–Crippen LogP) is 5.24. The number of carboxylic acid groups (broad SMARTS) is 1. The standard InChI is InChI=1S/C22H23F2NO3/c23-17-12-14(16-6-3-11-25-21(16)28-15-4-1-5-15)13-18(24)20(17)22(9-10-22)8-2-7-19(26)27/h3,6,11-13,15H,1-2,4-5,7-10H2,(H,26,27). The summed E-state index contributed by atoms with van der Waals surface area (Å²) in [7, 11) is 0. The van der Waals surface area contributed by atoms with Crippen LogP contribution in [0.1, 0.15) is 56.9 Å². The third-order valence-corrected chi connectivity index (χ3v) is 5.88. The van der Waals surface area contributed by atoms with Gasteiger partial charge in [-0.25, -0.2) is 13.8 Å². The number of hydrogen-bond acceptors (Lipinski definition) is 3. The van der Waals surface area contributed by atoms with Gasteiger partial charge in [0.2, 0.25) is 5.88 Å². The summed E-state index contributed by atoms with van der Waals surface area (Å²) in [5.41, 5.74) is 0.506. The Morgan fingerprint density at radius 2 is 1.96 bits per heavy atom. The summed E-state index contributed by atoms with van der Waals surface area (Å²) >= 11 is 0. The van der Waals surface area contributed by atoms with Gasteiger partial charge < -0.3 is 9.84 Å². The molecule has 2 aliphatic carbocycles. The molecule has 148 valence electrons. The van der Waals surface area contributed by atoms with Crippen molar-refractivity contribution in [2.24, 2.45) is 0 Å². The molecule has 6 heteroatoms. The van der Waals surface area contributed by atoms with Crippen LogP contribution in [0.2, 0.25) is 0 Å². The second kappa shape index (κ2) is 7.49. The van der Waals surface area contributed by atoms with Gasteiger partial charge in [-0.15, -0.1) is 0 Å². The fourth-order valence-electron chi connectivity index (χ4n) is 3.94. The lowest BCUT2D eigenvalue weighted by Gasteiger charge is -2.26. The smallest absolute Gasteiger partial charge is 0.303 e. The molecule has 0 bridgehead atoms. The number of halogens is 2. The number of carbonyl (C=O) groups is 1. The molecule has 0 radical (unpaired) electrons. The van der Waals surface area contributed by atoms with Gasteiger partial charge in [0.15, 0.2) is 0 Å². The van der Waals surface area contributed by atoms with E-state index in [1.54, 1.807) is 18.3 Å². The molecule has 0 spiro atoms. The molecule has 2 fully saturated rings. The Morgan fingerprint density at radius 3 is 2.54 bits per heavy atom. The summed E-state index contributed by atoms with van der Waals surface area (Å²) in [6.45, 7) is 0. The lowest BCUT2D eigenvalue weighted by atomic mass is 9.88. The van der Waals surface area contributed by atoms with Gasteiger partial charge in [0.1, 0.15) is 17.7 Å². The fourth-order valence-corrected chi connectivity index (χ4v) is 3.94. The summed E-state index contributed by atoms with van der Waals surface area (Å²) in [5, 5.41) is 8.82.